The van der Waals surface area contributed by atoms with Gasteiger partial charge in [0.2, 0.25) is 11.8 Å². The fourth-order valence-corrected chi connectivity index (χ4v) is 5.73. The summed E-state index contributed by atoms with van der Waals surface area (Å²) < 4.78 is 42.3. The lowest BCUT2D eigenvalue weighted by Gasteiger charge is -2.32. The highest BCUT2D eigenvalue weighted by Gasteiger charge is 2.33. The Morgan fingerprint density at radius 1 is 0.949 bits per heavy atom. The highest BCUT2D eigenvalue weighted by atomic mass is 35.5. The minimum atomic E-state index is -4.19. The molecule has 3 aromatic rings. The summed E-state index contributed by atoms with van der Waals surface area (Å²) in [6, 6.07) is 15.5. The number of rotatable bonds is 10. The van der Waals surface area contributed by atoms with Crippen LogP contribution >= 0.6 is 11.6 Å². The topological polar surface area (TPSA) is 86.8 Å². The predicted molar refractivity (Wildman–Crippen MR) is 152 cm³/mol. The van der Waals surface area contributed by atoms with Crippen LogP contribution in [0, 0.1) is 19.7 Å². The van der Waals surface area contributed by atoms with E-state index < -0.39 is 40.2 Å². The lowest BCUT2D eigenvalue weighted by molar-refractivity contribution is -0.139. The van der Waals surface area contributed by atoms with E-state index >= 15 is 0 Å². The molecule has 10 heteroatoms. The molecule has 1 N–H and O–H groups in total. The van der Waals surface area contributed by atoms with Gasteiger partial charge in [0.1, 0.15) is 18.4 Å². The van der Waals surface area contributed by atoms with Crippen molar-refractivity contribution < 1.29 is 22.4 Å². The van der Waals surface area contributed by atoms with Crippen molar-refractivity contribution in [2.75, 3.05) is 10.8 Å². The maximum atomic E-state index is 13.9. The molecule has 0 saturated carbocycles. The molecule has 0 bridgehead atoms. The third kappa shape index (κ3) is 7.58. The summed E-state index contributed by atoms with van der Waals surface area (Å²) in [5.74, 6) is -1.43. The van der Waals surface area contributed by atoms with Gasteiger partial charge in [-0.3, -0.25) is 13.9 Å². The molecule has 1 unspecified atom stereocenters. The Morgan fingerprint density at radius 2 is 1.56 bits per heavy atom. The number of hydrogen-bond donors (Lipinski definition) is 1. The number of carbonyl (C=O) groups excluding carboxylic acids is 2. The van der Waals surface area contributed by atoms with Crippen LogP contribution in [0.2, 0.25) is 5.02 Å². The molecule has 0 aromatic heterocycles. The van der Waals surface area contributed by atoms with Gasteiger partial charge >= 0.3 is 0 Å². The van der Waals surface area contributed by atoms with E-state index in [0.717, 1.165) is 9.87 Å². The van der Waals surface area contributed by atoms with Crippen LogP contribution in [0.25, 0.3) is 0 Å². The molecule has 0 aliphatic rings. The first kappa shape index (κ1) is 30.1. The van der Waals surface area contributed by atoms with Crippen molar-refractivity contribution in [1.82, 2.24) is 10.2 Å². The first-order valence-corrected chi connectivity index (χ1v) is 14.3. The van der Waals surface area contributed by atoms with Crippen LogP contribution < -0.4 is 9.62 Å². The molecule has 208 valence electrons. The summed E-state index contributed by atoms with van der Waals surface area (Å²) in [6.07, 6.45) is 0. The summed E-state index contributed by atoms with van der Waals surface area (Å²) in [4.78, 5) is 28.1. The largest absolute Gasteiger partial charge is 0.352 e. The average molecular weight is 574 g/mol. The number of amides is 2. The maximum Gasteiger partial charge on any atom is 0.264 e. The third-order valence-corrected chi connectivity index (χ3v) is 8.19. The molecule has 39 heavy (non-hydrogen) atoms. The summed E-state index contributed by atoms with van der Waals surface area (Å²) in [7, 11) is -4.19. The van der Waals surface area contributed by atoms with Crippen molar-refractivity contribution in [2.45, 2.75) is 58.1 Å². The van der Waals surface area contributed by atoms with Gasteiger partial charge in [-0.1, -0.05) is 41.4 Å². The van der Waals surface area contributed by atoms with Crippen LogP contribution in [-0.4, -0.2) is 43.8 Å². The van der Waals surface area contributed by atoms with E-state index in [1.165, 1.54) is 41.3 Å². The number of hydrogen-bond acceptors (Lipinski definition) is 4. The van der Waals surface area contributed by atoms with Crippen LogP contribution in [0.1, 0.15) is 37.5 Å². The van der Waals surface area contributed by atoms with Crippen LogP contribution in [0.15, 0.2) is 71.6 Å². The van der Waals surface area contributed by atoms with Crippen LogP contribution in [-0.2, 0) is 26.2 Å². The zero-order valence-electron chi connectivity index (χ0n) is 22.6. The SMILES string of the molecule is Cc1ccc(S(=O)(=O)N(CC(=O)N(Cc2ccc(F)cc2)C(C)C(=O)NC(C)C)c2ccc(Cl)cc2C)cc1. The van der Waals surface area contributed by atoms with Gasteiger partial charge in [-0.2, -0.15) is 0 Å². The number of nitrogens with zero attached hydrogens (tertiary/aromatic N) is 2. The lowest BCUT2D eigenvalue weighted by Crippen LogP contribution is -2.52. The second kappa shape index (κ2) is 12.6. The Hall–Kier alpha value is -3.43. The van der Waals surface area contributed by atoms with Gasteiger partial charge in [-0.25, -0.2) is 12.8 Å². The zero-order chi connectivity index (χ0) is 28.9. The van der Waals surface area contributed by atoms with Crippen LogP contribution in [0.3, 0.4) is 0 Å². The van der Waals surface area contributed by atoms with Crippen molar-refractivity contribution in [3.63, 3.8) is 0 Å². The molecule has 0 saturated heterocycles. The maximum absolute atomic E-state index is 13.9. The summed E-state index contributed by atoms with van der Waals surface area (Å²) >= 11 is 6.13. The Balaban J connectivity index is 2.06. The Kier molecular flexibility index (Phi) is 9.74. The summed E-state index contributed by atoms with van der Waals surface area (Å²) in [5, 5.41) is 3.22. The van der Waals surface area contributed by atoms with Crippen LogP contribution in [0.5, 0.6) is 0 Å². The zero-order valence-corrected chi connectivity index (χ0v) is 24.2. The smallest absolute Gasteiger partial charge is 0.264 e. The van der Waals surface area contributed by atoms with Gasteiger partial charge in [0.05, 0.1) is 10.6 Å². The number of carbonyl (C=O) groups is 2. The molecule has 0 spiro atoms. The Labute approximate surface area is 234 Å². The normalized spacial score (nSPS) is 12.2. The molecule has 0 aliphatic carbocycles. The van der Waals surface area contributed by atoms with E-state index in [0.29, 0.717) is 16.1 Å². The molecule has 0 aliphatic heterocycles. The van der Waals surface area contributed by atoms with Crippen molar-refractivity contribution >= 4 is 39.1 Å². The molecule has 7 nitrogen and oxygen atoms in total. The molecular weight excluding hydrogens is 541 g/mol. The average Bonchev–Trinajstić information content (AvgIpc) is 2.86. The van der Waals surface area contributed by atoms with Crippen molar-refractivity contribution in [3.05, 3.63) is 94.3 Å². The van der Waals surface area contributed by atoms with Crippen molar-refractivity contribution in [1.29, 1.82) is 0 Å². The lowest BCUT2D eigenvalue weighted by atomic mass is 10.1. The van der Waals surface area contributed by atoms with Gasteiger partial charge < -0.3 is 10.2 Å². The van der Waals surface area contributed by atoms with Gasteiger partial charge in [-0.05, 0) is 88.2 Å². The minimum absolute atomic E-state index is 0.0194. The van der Waals surface area contributed by atoms with Gasteiger partial charge in [0.25, 0.3) is 10.0 Å². The summed E-state index contributed by atoms with van der Waals surface area (Å²) in [5.41, 5.74) is 2.32. The van der Waals surface area contributed by atoms with E-state index in [9.17, 15) is 22.4 Å². The molecule has 2 amide bonds. The van der Waals surface area contributed by atoms with E-state index in [1.807, 2.05) is 6.92 Å². The molecule has 3 aromatic carbocycles. The first-order chi connectivity index (χ1) is 18.3. The number of sulfonamides is 1. The van der Waals surface area contributed by atoms with E-state index in [-0.39, 0.29) is 23.2 Å². The number of aryl methyl sites for hydroxylation is 2. The fourth-order valence-electron chi connectivity index (χ4n) is 4.02. The van der Waals surface area contributed by atoms with E-state index in [4.69, 9.17) is 11.6 Å². The quantitative estimate of drug-likeness (QED) is 0.360. The van der Waals surface area contributed by atoms with E-state index in [1.54, 1.807) is 58.0 Å². The molecule has 0 radical (unpaired) electrons. The first-order valence-electron chi connectivity index (χ1n) is 12.5. The monoisotopic (exact) mass is 573 g/mol. The van der Waals surface area contributed by atoms with Crippen molar-refractivity contribution in [3.8, 4) is 0 Å². The standard InChI is InChI=1S/C29H33ClFN3O4S/c1-19(2)32-29(36)22(5)33(17-23-8-11-25(31)12-9-23)28(35)18-34(27-15-10-24(30)16-21(27)4)39(37,38)26-13-6-20(3)7-14-26/h6-16,19,22H,17-18H2,1-5H3,(H,32,36). The molecule has 0 heterocycles. The van der Waals surface area contributed by atoms with Gasteiger partial charge in [-0.15, -0.1) is 0 Å². The van der Waals surface area contributed by atoms with Gasteiger partial charge in [0, 0.05) is 17.6 Å². The predicted octanol–water partition coefficient (Wildman–Crippen LogP) is 5.23. The number of nitrogens with one attached hydrogen (secondary N) is 1. The van der Waals surface area contributed by atoms with Crippen LogP contribution in [0.4, 0.5) is 10.1 Å². The van der Waals surface area contributed by atoms with Gasteiger partial charge in [0.15, 0.2) is 0 Å². The second-order valence-electron chi connectivity index (χ2n) is 9.74. The molecular formula is C29H33ClFN3O4S. The van der Waals surface area contributed by atoms with Crippen molar-refractivity contribution in [2.24, 2.45) is 0 Å². The number of benzene rings is 3. The number of anilines is 1. The Bertz CT molecular complexity index is 1430. The fraction of sp³-hybridized carbons (Fsp3) is 0.310. The summed E-state index contributed by atoms with van der Waals surface area (Å²) in [6.45, 7) is 8.14. The molecule has 1 atom stereocenters. The molecule has 3 rings (SSSR count). The molecule has 0 fully saturated rings. The second-order valence-corrected chi connectivity index (χ2v) is 12.0. The minimum Gasteiger partial charge on any atom is -0.352 e. The highest BCUT2D eigenvalue weighted by Crippen LogP contribution is 2.29. The highest BCUT2D eigenvalue weighted by molar-refractivity contribution is 7.92. The third-order valence-electron chi connectivity index (χ3n) is 6.18. The number of halogens is 2. The Morgan fingerprint density at radius 3 is 2.13 bits per heavy atom. The van der Waals surface area contributed by atoms with E-state index in [2.05, 4.69) is 5.32 Å².